The van der Waals surface area contributed by atoms with Crippen LogP contribution in [-0.4, -0.2) is 11.0 Å². The molecule has 2 unspecified atom stereocenters. The van der Waals surface area contributed by atoms with Crippen molar-refractivity contribution in [1.82, 2.24) is 0 Å². The van der Waals surface area contributed by atoms with Crippen molar-refractivity contribution in [2.24, 2.45) is 5.92 Å². The number of hydrogen-bond acceptors (Lipinski definition) is 1. The van der Waals surface area contributed by atoms with Gasteiger partial charge in [0.25, 0.3) is 0 Å². The topological polar surface area (TPSA) is 0 Å². The third-order valence-corrected chi connectivity index (χ3v) is 3.63. The summed E-state index contributed by atoms with van der Waals surface area (Å²) in [6, 6.07) is 0. The summed E-state index contributed by atoms with van der Waals surface area (Å²) in [5, 5.41) is 1.01. The number of rotatable bonds is 2. The van der Waals surface area contributed by atoms with E-state index in [2.05, 4.69) is 25.6 Å². The first-order valence-electron chi connectivity index (χ1n) is 3.46. The van der Waals surface area contributed by atoms with Crippen molar-refractivity contribution in [1.29, 1.82) is 0 Å². The van der Waals surface area contributed by atoms with Gasteiger partial charge in [-0.1, -0.05) is 20.3 Å². The molecule has 0 N–H and O–H groups in total. The molecule has 1 aliphatic heterocycles. The number of hydrogen-bond donors (Lipinski definition) is 0. The molecule has 8 heavy (non-hydrogen) atoms. The fourth-order valence-corrected chi connectivity index (χ4v) is 2.33. The summed E-state index contributed by atoms with van der Waals surface area (Å²) < 4.78 is 0. The molecule has 1 aliphatic rings. The average molecular weight is 130 g/mol. The van der Waals surface area contributed by atoms with Crippen LogP contribution in [0.4, 0.5) is 0 Å². The van der Waals surface area contributed by atoms with Crippen molar-refractivity contribution in [2.45, 2.75) is 31.9 Å². The van der Waals surface area contributed by atoms with Gasteiger partial charge in [0.2, 0.25) is 0 Å². The first-order valence-corrected chi connectivity index (χ1v) is 4.51. The highest BCUT2D eigenvalue weighted by Gasteiger charge is 2.25. The Labute approximate surface area is 56.0 Å². The van der Waals surface area contributed by atoms with Gasteiger partial charge in [-0.2, -0.15) is 11.8 Å². The van der Waals surface area contributed by atoms with E-state index in [1.807, 2.05) is 0 Å². The van der Waals surface area contributed by atoms with E-state index in [9.17, 15) is 0 Å². The fourth-order valence-electron chi connectivity index (χ4n) is 1.08. The molecule has 0 spiro atoms. The van der Waals surface area contributed by atoms with Crippen molar-refractivity contribution in [3.05, 3.63) is 0 Å². The van der Waals surface area contributed by atoms with Crippen LogP contribution < -0.4 is 0 Å². The van der Waals surface area contributed by atoms with Gasteiger partial charge in [0.15, 0.2) is 0 Å². The molecule has 0 aromatic heterocycles. The van der Waals surface area contributed by atoms with Gasteiger partial charge in [0.05, 0.1) is 0 Å². The molecule has 2 atom stereocenters. The Morgan fingerprint density at radius 3 is 2.50 bits per heavy atom. The van der Waals surface area contributed by atoms with Gasteiger partial charge < -0.3 is 0 Å². The molecule has 1 saturated heterocycles. The van der Waals surface area contributed by atoms with Crippen molar-refractivity contribution in [3.8, 4) is 0 Å². The van der Waals surface area contributed by atoms with Gasteiger partial charge in [-0.3, -0.25) is 0 Å². The van der Waals surface area contributed by atoms with Crippen LogP contribution in [0.15, 0.2) is 0 Å². The van der Waals surface area contributed by atoms with Crippen molar-refractivity contribution < 1.29 is 0 Å². The monoisotopic (exact) mass is 130 g/mol. The molecule has 0 nitrogen and oxygen atoms in total. The van der Waals surface area contributed by atoms with Crippen LogP contribution >= 0.6 is 11.8 Å². The Morgan fingerprint density at radius 1 is 1.62 bits per heavy atom. The maximum absolute atomic E-state index is 2.36. The Morgan fingerprint density at radius 2 is 2.38 bits per heavy atom. The second kappa shape index (κ2) is 2.77. The quantitative estimate of drug-likeness (QED) is 0.553. The summed E-state index contributed by atoms with van der Waals surface area (Å²) in [6.07, 6.45) is 2.80. The molecular formula is C7H14S. The third kappa shape index (κ3) is 1.19. The average Bonchev–Trinajstić information content (AvgIpc) is 1.79. The van der Waals surface area contributed by atoms with Crippen LogP contribution in [-0.2, 0) is 0 Å². The summed E-state index contributed by atoms with van der Waals surface area (Å²) >= 11 is 2.14. The molecule has 1 fully saturated rings. The molecule has 48 valence electrons. The summed E-state index contributed by atoms with van der Waals surface area (Å²) in [5.41, 5.74) is 0. The molecule has 1 heteroatoms. The highest BCUT2D eigenvalue weighted by atomic mass is 32.2. The molecule has 1 rings (SSSR count). The lowest BCUT2D eigenvalue weighted by molar-refractivity contribution is 0.538. The van der Waals surface area contributed by atoms with Crippen molar-refractivity contribution >= 4 is 11.8 Å². The Hall–Kier alpha value is 0.350. The highest BCUT2D eigenvalue weighted by molar-refractivity contribution is 8.01. The highest BCUT2D eigenvalue weighted by Crippen LogP contribution is 2.36. The lowest BCUT2D eigenvalue weighted by Crippen LogP contribution is -2.27. The first kappa shape index (κ1) is 6.47. The predicted octanol–water partition coefficient (Wildman–Crippen LogP) is 2.54. The SMILES string of the molecule is CCCC1SCC1C. The van der Waals surface area contributed by atoms with Crippen molar-refractivity contribution in [3.63, 3.8) is 0 Å². The molecule has 0 aliphatic carbocycles. The minimum absolute atomic E-state index is 1.01. The molecular weight excluding hydrogens is 116 g/mol. The van der Waals surface area contributed by atoms with E-state index < -0.39 is 0 Å². The largest absolute Gasteiger partial charge is 0.158 e. The van der Waals surface area contributed by atoms with Gasteiger partial charge in [0, 0.05) is 5.25 Å². The van der Waals surface area contributed by atoms with Crippen LogP contribution in [0.25, 0.3) is 0 Å². The van der Waals surface area contributed by atoms with E-state index >= 15 is 0 Å². The molecule has 0 aromatic rings. The molecule has 0 amide bonds. The fraction of sp³-hybridized carbons (Fsp3) is 1.00. The Bertz CT molecular complexity index is 70.8. The second-order valence-corrected chi connectivity index (χ2v) is 3.91. The van der Waals surface area contributed by atoms with Gasteiger partial charge >= 0.3 is 0 Å². The van der Waals surface area contributed by atoms with Gasteiger partial charge in [0.1, 0.15) is 0 Å². The minimum atomic E-state index is 1.01. The summed E-state index contributed by atoms with van der Waals surface area (Å²) in [6.45, 7) is 4.63. The van der Waals surface area contributed by atoms with Crippen LogP contribution in [0, 0.1) is 5.92 Å². The van der Waals surface area contributed by atoms with Crippen LogP contribution in [0.3, 0.4) is 0 Å². The van der Waals surface area contributed by atoms with Crippen LogP contribution in [0.5, 0.6) is 0 Å². The summed E-state index contributed by atoms with van der Waals surface area (Å²) in [4.78, 5) is 0. The van der Waals surface area contributed by atoms with E-state index in [4.69, 9.17) is 0 Å². The first-order chi connectivity index (χ1) is 3.84. The standard InChI is InChI=1S/C7H14S/c1-3-4-7-6(2)5-8-7/h6-7H,3-5H2,1-2H3. The van der Waals surface area contributed by atoms with E-state index in [-0.39, 0.29) is 0 Å². The predicted molar refractivity (Wildman–Crippen MR) is 40.3 cm³/mol. The minimum Gasteiger partial charge on any atom is -0.158 e. The maximum Gasteiger partial charge on any atom is 0.00805 e. The third-order valence-electron chi connectivity index (χ3n) is 1.78. The molecule has 0 radical (unpaired) electrons. The summed E-state index contributed by atoms with van der Waals surface area (Å²) in [5.74, 6) is 2.42. The lowest BCUT2D eigenvalue weighted by atomic mass is 10.1. The lowest BCUT2D eigenvalue weighted by Gasteiger charge is -2.32. The van der Waals surface area contributed by atoms with Gasteiger partial charge in [-0.15, -0.1) is 0 Å². The smallest absolute Gasteiger partial charge is 0.00805 e. The van der Waals surface area contributed by atoms with Crippen LogP contribution in [0.2, 0.25) is 0 Å². The van der Waals surface area contributed by atoms with Gasteiger partial charge in [-0.05, 0) is 18.1 Å². The molecule has 0 bridgehead atoms. The van der Waals surface area contributed by atoms with E-state index in [0.29, 0.717) is 0 Å². The molecule has 0 saturated carbocycles. The Balaban J connectivity index is 2.08. The van der Waals surface area contributed by atoms with Crippen LogP contribution in [0.1, 0.15) is 26.7 Å². The normalized spacial score (nSPS) is 36.8. The van der Waals surface area contributed by atoms with E-state index in [0.717, 1.165) is 11.2 Å². The molecule has 1 heterocycles. The zero-order valence-electron chi connectivity index (χ0n) is 5.68. The maximum atomic E-state index is 2.36. The summed E-state index contributed by atoms with van der Waals surface area (Å²) in [7, 11) is 0. The second-order valence-electron chi connectivity index (χ2n) is 2.64. The van der Waals surface area contributed by atoms with Gasteiger partial charge in [-0.25, -0.2) is 0 Å². The van der Waals surface area contributed by atoms with E-state index in [1.165, 1.54) is 18.6 Å². The number of thioether (sulfide) groups is 1. The van der Waals surface area contributed by atoms with Crippen molar-refractivity contribution in [2.75, 3.05) is 5.75 Å². The Kier molecular flexibility index (Phi) is 2.24. The zero-order valence-corrected chi connectivity index (χ0v) is 6.50. The zero-order chi connectivity index (χ0) is 5.98. The van der Waals surface area contributed by atoms with E-state index in [1.54, 1.807) is 0 Å². The molecule has 0 aromatic carbocycles.